The lowest BCUT2D eigenvalue weighted by Crippen LogP contribution is -2.57. The Morgan fingerprint density at radius 2 is 1.93 bits per heavy atom. The van der Waals surface area contributed by atoms with Gasteiger partial charge in [0.2, 0.25) is 0 Å². The van der Waals surface area contributed by atoms with E-state index < -0.39 is 12.0 Å². The second kappa shape index (κ2) is 5.03. The van der Waals surface area contributed by atoms with E-state index in [9.17, 15) is 8.78 Å². The second-order valence-electron chi connectivity index (χ2n) is 4.19. The van der Waals surface area contributed by atoms with Crippen LogP contribution in [0, 0.1) is 0 Å². The van der Waals surface area contributed by atoms with Gasteiger partial charge in [-0.2, -0.15) is 0 Å². The van der Waals surface area contributed by atoms with Crippen LogP contribution in [0.25, 0.3) is 0 Å². The van der Waals surface area contributed by atoms with E-state index in [1.165, 1.54) is 0 Å². The maximum atomic E-state index is 12.9. The van der Waals surface area contributed by atoms with E-state index in [1.54, 1.807) is 0 Å². The van der Waals surface area contributed by atoms with Crippen molar-refractivity contribution in [2.75, 3.05) is 26.7 Å². The highest BCUT2D eigenvalue weighted by molar-refractivity contribution is 4.94. The smallest absolute Gasteiger partial charge is 0.256 e. The molecule has 1 fully saturated rings. The monoisotopic (exact) mass is 206 g/mol. The van der Waals surface area contributed by atoms with Crippen molar-refractivity contribution in [1.29, 1.82) is 0 Å². The zero-order chi connectivity index (χ0) is 10.6. The normalized spacial score (nSPS) is 22.9. The van der Waals surface area contributed by atoms with Crippen LogP contribution < -0.4 is 5.32 Å². The fraction of sp³-hybridized carbons (Fsp3) is 1.00. The van der Waals surface area contributed by atoms with Gasteiger partial charge in [-0.25, -0.2) is 8.78 Å². The summed E-state index contributed by atoms with van der Waals surface area (Å²) in [5.41, 5.74) is -0.914. The molecular formula is C10H20F2N2. The van der Waals surface area contributed by atoms with Gasteiger partial charge in [0.1, 0.15) is 0 Å². The number of hydrogen-bond acceptors (Lipinski definition) is 2. The third-order valence-electron chi connectivity index (χ3n) is 3.02. The molecule has 0 aromatic rings. The average molecular weight is 206 g/mol. The molecule has 0 amide bonds. The predicted molar refractivity (Wildman–Crippen MR) is 53.8 cm³/mol. The first kappa shape index (κ1) is 11.9. The molecule has 0 radical (unpaired) electrons. The molecule has 4 heteroatoms. The fourth-order valence-electron chi connectivity index (χ4n) is 1.86. The molecule has 1 aliphatic heterocycles. The van der Waals surface area contributed by atoms with Gasteiger partial charge >= 0.3 is 0 Å². The zero-order valence-electron chi connectivity index (χ0n) is 9.02. The van der Waals surface area contributed by atoms with Crippen molar-refractivity contribution in [3.05, 3.63) is 0 Å². The highest BCUT2D eigenvalue weighted by Gasteiger charge is 2.41. The van der Waals surface area contributed by atoms with E-state index in [1.807, 2.05) is 14.0 Å². The van der Waals surface area contributed by atoms with Crippen molar-refractivity contribution >= 4 is 0 Å². The summed E-state index contributed by atoms with van der Waals surface area (Å²) in [5, 5.41) is 3.03. The number of rotatable bonds is 4. The van der Waals surface area contributed by atoms with Gasteiger partial charge < -0.3 is 10.2 Å². The Hall–Kier alpha value is -0.220. The van der Waals surface area contributed by atoms with E-state index in [0.717, 1.165) is 19.5 Å². The standard InChI is InChI=1S/C10H20F2N2/c1-3-6-13-10(9(11)12)4-7-14(2)8-5-10/h9,13H,3-8H2,1-2H3. The molecule has 0 spiro atoms. The Kier molecular flexibility index (Phi) is 4.26. The molecule has 2 nitrogen and oxygen atoms in total. The lowest BCUT2D eigenvalue weighted by molar-refractivity contribution is -0.00665. The van der Waals surface area contributed by atoms with Crippen LogP contribution in [0.3, 0.4) is 0 Å². The van der Waals surface area contributed by atoms with E-state index in [-0.39, 0.29) is 0 Å². The zero-order valence-corrected chi connectivity index (χ0v) is 9.02. The maximum Gasteiger partial charge on any atom is 0.256 e. The van der Waals surface area contributed by atoms with Crippen molar-refractivity contribution in [1.82, 2.24) is 10.2 Å². The van der Waals surface area contributed by atoms with Gasteiger partial charge in [-0.3, -0.25) is 0 Å². The number of piperidine rings is 1. The van der Waals surface area contributed by atoms with Gasteiger partial charge in [0, 0.05) is 0 Å². The number of nitrogens with zero attached hydrogens (tertiary/aromatic N) is 1. The van der Waals surface area contributed by atoms with E-state index >= 15 is 0 Å². The van der Waals surface area contributed by atoms with Crippen LogP contribution in [0.1, 0.15) is 26.2 Å². The van der Waals surface area contributed by atoms with Crippen LogP contribution in [0.15, 0.2) is 0 Å². The summed E-state index contributed by atoms with van der Waals surface area (Å²) >= 11 is 0. The van der Waals surface area contributed by atoms with Crippen molar-refractivity contribution in [3.8, 4) is 0 Å². The highest BCUT2D eigenvalue weighted by Crippen LogP contribution is 2.28. The Morgan fingerprint density at radius 3 is 2.36 bits per heavy atom. The van der Waals surface area contributed by atoms with Crippen LogP contribution in [-0.2, 0) is 0 Å². The topological polar surface area (TPSA) is 15.3 Å². The summed E-state index contributed by atoms with van der Waals surface area (Å²) in [6.07, 6.45) is -0.227. The first-order chi connectivity index (χ1) is 6.60. The summed E-state index contributed by atoms with van der Waals surface area (Å²) in [4.78, 5) is 2.11. The molecule has 84 valence electrons. The van der Waals surface area contributed by atoms with Gasteiger partial charge in [0.05, 0.1) is 5.54 Å². The van der Waals surface area contributed by atoms with Crippen molar-refractivity contribution in [2.45, 2.75) is 38.2 Å². The Labute approximate surface area is 84.7 Å². The van der Waals surface area contributed by atoms with Crippen LogP contribution >= 0.6 is 0 Å². The number of halogens is 2. The van der Waals surface area contributed by atoms with Gasteiger partial charge in [-0.15, -0.1) is 0 Å². The minimum absolute atomic E-state index is 0.557. The number of nitrogens with one attached hydrogen (secondary N) is 1. The Bertz CT molecular complexity index is 160. The summed E-state index contributed by atoms with van der Waals surface area (Å²) in [5.74, 6) is 0. The molecule has 1 aliphatic rings. The van der Waals surface area contributed by atoms with E-state index in [0.29, 0.717) is 19.4 Å². The molecule has 14 heavy (non-hydrogen) atoms. The molecule has 0 saturated carbocycles. The molecule has 0 aromatic carbocycles. The first-order valence-electron chi connectivity index (χ1n) is 5.32. The van der Waals surface area contributed by atoms with E-state index in [4.69, 9.17) is 0 Å². The Morgan fingerprint density at radius 1 is 1.36 bits per heavy atom. The fourth-order valence-corrected chi connectivity index (χ4v) is 1.86. The lowest BCUT2D eigenvalue weighted by atomic mass is 9.88. The number of likely N-dealkylation sites (tertiary alicyclic amines) is 1. The summed E-state index contributed by atoms with van der Waals surface area (Å²) in [7, 11) is 1.98. The maximum absolute atomic E-state index is 12.9. The predicted octanol–water partition coefficient (Wildman–Crippen LogP) is 1.72. The third-order valence-corrected chi connectivity index (χ3v) is 3.02. The largest absolute Gasteiger partial charge is 0.306 e. The van der Waals surface area contributed by atoms with Crippen molar-refractivity contribution in [3.63, 3.8) is 0 Å². The van der Waals surface area contributed by atoms with Crippen molar-refractivity contribution in [2.24, 2.45) is 0 Å². The minimum atomic E-state index is -2.25. The molecule has 1 N–H and O–H groups in total. The van der Waals surface area contributed by atoms with Crippen LogP contribution in [0.2, 0.25) is 0 Å². The summed E-state index contributed by atoms with van der Waals surface area (Å²) < 4.78 is 25.9. The molecule has 0 bridgehead atoms. The molecular weight excluding hydrogens is 186 g/mol. The molecule has 0 aliphatic carbocycles. The van der Waals surface area contributed by atoms with E-state index in [2.05, 4.69) is 10.2 Å². The van der Waals surface area contributed by atoms with Crippen LogP contribution in [-0.4, -0.2) is 43.5 Å². The van der Waals surface area contributed by atoms with Crippen molar-refractivity contribution < 1.29 is 8.78 Å². The third kappa shape index (κ3) is 2.64. The molecule has 0 atom stereocenters. The molecule has 0 unspecified atom stereocenters. The summed E-state index contributed by atoms with van der Waals surface area (Å²) in [6, 6.07) is 0. The summed E-state index contributed by atoms with van der Waals surface area (Å²) in [6.45, 7) is 4.22. The van der Waals surface area contributed by atoms with Gasteiger partial charge in [-0.1, -0.05) is 6.92 Å². The van der Waals surface area contributed by atoms with Gasteiger partial charge in [0.15, 0.2) is 0 Å². The first-order valence-corrected chi connectivity index (χ1v) is 5.32. The van der Waals surface area contributed by atoms with Gasteiger partial charge in [-0.05, 0) is 45.9 Å². The molecule has 1 saturated heterocycles. The lowest BCUT2D eigenvalue weighted by Gasteiger charge is -2.40. The molecule has 0 aromatic heterocycles. The Balaban J connectivity index is 2.54. The number of alkyl halides is 2. The molecule has 1 heterocycles. The average Bonchev–Trinajstić information content (AvgIpc) is 2.17. The number of hydrogen-bond donors (Lipinski definition) is 1. The second-order valence-corrected chi connectivity index (χ2v) is 4.19. The highest BCUT2D eigenvalue weighted by atomic mass is 19.3. The quantitative estimate of drug-likeness (QED) is 0.753. The van der Waals surface area contributed by atoms with Gasteiger partial charge in [0.25, 0.3) is 6.43 Å². The molecule has 1 rings (SSSR count). The minimum Gasteiger partial charge on any atom is -0.306 e. The SMILES string of the molecule is CCCNC1(C(F)F)CCN(C)CC1. The van der Waals surface area contributed by atoms with Crippen LogP contribution in [0.5, 0.6) is 0 Å². The van der Waals surface area contributed by atoms with Crippen LogP contribution in [0.4, 0.5) is 8.78 Å².